The summed E-state index contributed by atoms with van der Waals surface area (Å²) in [7, 11) is -3.83. The molecule has 0 spiro atoms. The molecule has 5 rings (SSSR count). The summed E-state index contributed by atoms with van der Waals surface area (Å²) in [6.45, 7) is 4.32. The van der Waals surface area contributed by atoms with Crippen LogP contribution in [0.15, 0.2) is 111 Å². The Hall–Kier alpha value is -3.68. The largest absolute Gasteiger partial charge is 0.439 e. The highest BCUT2D eigenvalue weighted by Gasteiger charge is 2.30. The second-order valence-electron chi connectivity index (χ2n) is 8.99. The Bertz CT molecular complexity index is 1380. The van der Waals surface area contributed by atoms with Gasteiger partial charge in [-0.3, -0.25) is 9.69 Å². The molecule has 1 fully saturated rings. The van der Waals surface area contributed by atoms with Crippen LogP contribution in [0.3, 0.4) is 0 Å². The van der Waals surface area contributed by atoms with Crippen LogP contribution in [0.2, 0.25) is 0 Å². The molecular weight excluding hydrogens is 472 g/mol. The fourth-order valence-electron chi connectivity index (χ4n) is 4.64. The summed E-state index contributed by atoms with van der Waals surface area (Å²) in [5.41, 5.74) is 3.38. The van der Waals surface area contributed by atoms with Crippen LogP contribution in [0.5, 0.6) is 0 Å². The zero-order valence-corrected chi connectivity index (χ0v) is 20.9. The van der Waals surface area contributed by atoms with Gasteiger partial charge in [0.15, 0.2) is 5.76 Å². The molecule has 0 N–H and O–H groups in total. The van der Waals surface area contributed by atoms with Crippen molar-refractivity contribution in [3.63, 3.8) is 0 Å². The number of rotatable bonds is 6. The third-order valence-corrected chi connectivity index (χ3v) is 8.23. The summed E-state index contributed by atoms with van der Waals surface area (Å²) < 4.78 is 31.4. The van der Waals surface area contributed by atoms with E-state index in [0.717, 1.165) is 5.56 Å². The molecule has 4 aromatic rings. The number of piperazine rings is 1. The molecule has 0 aliphatic carbocycles. The van der Waals surface area contributed by atoms with Gasteiger partial charge in [-0.15, -0.1) is 0 Å². The van der Waals surface area contributed by atoms with Crippen molar-refractivity contribution in [3.8, 4) is 0 Å². The monoisotopic (exact) mass is 500 g/mol. The quantitative estimate of drug-likeness (QED) is 0.374. The Kier molecular flexibility index (Phi) is 6.76. The second kappa shape index (κ2) is 10.1. The van der Waals surface area contributed by atoms with Crippen LogP contribution in [0.25, 0.3) is 0 Å². The molecule has 184 valence electrons. The molecule has 6 nitrogen and oxygen atoms in total. The number of benzene rings is 3. The number of carbonyl (C=O) groups excluding carboxylic acids is 1. The van der Waals surface area contributed by atoms with Gasteiger partial charge in [0.05, 0.1) is 10.9 Å². The van der Waals surface area contributed by atoms with Crippen molar-refractivity contribution in [1.82, 2.24) is 9.80 Å². The zero-order chi connectivity index (χ0) is 25.1. The Morgan fingerprint density at radius 1 is 0.750 bits per heavy atom. The van der Waals surface area contributed by atoms with E-state index in [1.807, 2.05) is 43.3 Å². The normalized spacial score (nSPS) is 14.8. The van der Waals surface area contributed by atoms with Gasteiger partial charge in [-0.1, -0.05) is 78.4 Å². The maximum atomic E-state index is 13.2. The summed E-state index contributed by atoms with van der Waals surface area (Å²) >= 11 is 0. The molecule has 36 heavy (non-hydrogen) atoms. The maximum absolute atomic E-state index is 13.2. The standard InChI is InChI=1S/C29H28N2O4S/c1-22-12-14-25(15-13-22)36(33,34)27-17-16-26(35-27)29(32)31-20-18-30(19-21-31)28(23-8-4-2-5-9-23)24-10-6-3-7-11-24/h2-17,28H,18-21H2,1H3. The van der Waals surface area contributed by atoms with E-state index in [0.29, 0.717) is 26.2 Å². The summed E-state index contributed by atoms with van der Waals surface area (Å²) in [5.74, 6) is -0.257. The van der Waals surface area contributed by atoms with Crippen molar-refractivity contribution >= 4 is 15.7 Å². The molecule has 1 aliphatic rings. The molecular formula is C29H28N2O4S. The SMILES string of the molecule is Cc1ccc(S(=O)(=O)c2ccc(C(=O)N3CCN(C(c4ccccc4)c4ccccc4)CC3)o2)cc1. The van der Waals surface area contributed by atoms with Crippen LogP contribution in [0.4, 0.5) is 0 Å². The molecule has 0 unspecified atom stereocenters. The van der Waals surface area contributed by atoms with E-state index in [-0.39, 0.29) is 27.7 Å². The minimum Gasteiger partial charge on any atom is -0.439 e. The van der Waals surface area contributed by atoms with E-state index in [4.69, 9.17) is 4.42 Å². The molecule has 3 aromatic carbocycles. The Morgan fingerprint density at radius 2 is 1.31 bits per heavy atom. The topological polar surface area (TPSA) is 70.8 Å². The predicted octanol–water partition coefficient (Wildman–Crippen LogP) is 4.97. The van der Waals surface area contributed by atoms with Crippen LogP contribution in [0, 0.1) is 6.92 Å². The number of sulfone groups is 1. The maximum Gasteiger partial charge on any atom is 0.289 e. The lowest BCUT2D eigenvalue weighted by Gasteiger charge is -2.39. The summed E-state index contributed by atoms with van der Waals surface area (Å²) in [4.78, 5) is 17.4. The minimum atomic E-state index is -3.83. The Morgan fingerprint density at radius 3 is 1.86 bits per heavy atom. The van der Waals surface area contributed by atoms with Gasteiger partial charge < -0.3 is 9.32 Å². The first-order valence-electron chi connectivity index (χ1n) is 12.0. The third-order valence-electron chi connectivity index (χ3n) is 6.59. The van der Waals surface area contributed by atoms with Gasteiger partial charge in [-0.05, 0) is 42.3 Å². The van der Waals surface area contributed by atoms with Crippen molar-refractivity contribution in [3.05, 3.63) is 120 Å². The van der Waals surface area contributed by atoms with Crippen LogP contribution < -0.4 is 0 Å². The van der Waals surface area contributed by atoms with Gasteiger partial charge in [0.25, 0.3) is 5.91 Å². The van der Waals surface area contributed by atoms with Gasteiger partial charge in [-0.25, -0.2) is 8.42 Å². The van der Waals surface area contributed by atoms with Crippen molar-refractivity contribution in [2.24, 2.45) is 0 Å². The van der Waals surface area contributed by atoms with E-state index in [1.165, 1.54) is 23.3 Å². The number of nitrogens with zero attached hydrogens (tertiary/aromatic N) is 2. The van der Waals surface area contributed by atoms with Crippen molar-refractivity contribution < 1.29 is 17.6 Å². The van der Waals surface area contributed by atoms with E-state index < -0.39 is 9.84 Å². The first kappa shape index (κ1) is 24.0. The number of hydrogen-bond donors (Lipinski definition) is 0. The molecule has 0 radical (unpaired) electrons. The molecule has 0 atom stereocenters. The van der Waals surface area contributed by atoms with Gasteiger partial charge in [0.2, 0.25) is 14.9 Å². The fourth-order valence-corrected chi connectivity index (χ4v) is 5.81. The van der Waals surface area contributed by atoms with E-state index in [9.17, 15) is 13.2 Å². The molecule has 2 heterocycles. The molecule has 1 saturated heterocycles. The molecule has 0 bridgehead atoms. The Labute approximate surface area is 211 Å². The van der Waals surface area contributed by atoms with Crippen LogP contribution in [0.1, 0.15) is 33.3 Å². The molecule has 1 amide bonds. The lowest BCUT2D eigenvalue weighted by Crippen LogP contribution is -2.49. The smallest absolute Gasteiger partial charge is 0.289 e. The molecule has 1 aromatic heterocycles. The highest BCUT2D eigenvalue weighted by atomic mass is 32.2. The average Bonchev–Trinajstić information content (AvgIpc) is 3.42. The summed E-state index contributed by atoms with van der Waals surface area (Å²) in [6, 6.07) is 30.2. The lowest BCUT2D eigenvalue weighted by molar-refractivity contribution is 0.0562. The number of hydrogen-bond acceptors (Lipinski definition) is 5. The van der Waals surface area contributed by atoms with Crippen molar-refractivity contribution in [2.45, 2.75) is 23.0 Å². The third kappa shape index (κ3) is 4.85. The summed E-state index contributed by atoms with van der Waals surface area (Å²) in [5, 5.41) is -0.221. The van der Waals surface area contributed by atoms with Crippen molar-refractivity contribution in [1.29, 1.82) is 0 Å². The average molecular weight is 501 g/mol. The van der Waals surface area contributed by atoms with Crippen molar-refractivity contribution in [2.75, 3.05) is 26.2 Å². The van der Waals surface area contributed by atoms with Gasteiger partial charge in [-0.2, -0.15) is 0 Å². The van der Waals surface area contributed by atoms with E-state index >= 15 is 0 Å². The first-order valence-corrected chi connectivity index (χ1v) is 13.5. The van der Waals surface area contributed by atoms with Crippen LogP contribution in [-0.2, 0) is 9.84 Å². The fraction of sp³-hybridized carbons (Fsp3) is 0.207. The van der Waals surface area contributed by atoms with Crippen LogP contribution >= 0.6 is 0 Å². The van der Waals surface area contributed by atoms with E-state index in [2.05, 4.69) is 29.2 Å². The highest BCUT2D eigenvalue weighted by molar-refractivity contribution is 7.91. The lowest BCUT2D eigenvalue weighted by atomic mass is 9.96. The van der Waals surface area contributed by atoms with Crippen LogP contribution in [-0.4, -0.2) is 50.3 Å². The number of carbonyl (C=O) groups is 1. The van der Waals surface area contributed by atoms with E-state index in [1.54, 1.807) is 29.2 Å². The minimum absolute atomic E-state index is 0.0387. The first-order chi connectivity index (χ1) is 17.4. The molecule has 1 aliphatic heterocycles. The van der Waals surface area contributed by atoms with Gasteiger partial charge in [0, 0.05) is 26.2 Å². The summed E-state index contributed by atoms with van der Waals surface area (Å²) in [6.07, 6.45) is 0. The number of aryl methyl sites for hydroxylation is 1. The Balaban J connectivity index is 1.30. The zero-order valence-electron chi connectivity index (χ0n) is 20.1. The second-order valence-corrected chi connectivity index (χ2v) is 10.9. The van der Waals surface area contributed by atoms with Gasteiger partial charge >= 0.3 is 0 Å². The molecule has 0 saturated carbocycles. The predicted molar refractivity (Wildman–Crippen MR) is 138 cm³/mol. The number of amides is 1. The number of furan rings is 1. The molecule has 7 heteroatoms. The van der Waals surface area contributed by atoms with Gasteiger partial charge in [0.1, 0.15) is 0 Å². The highest BCUT2D eigenvalue weighted by Crippen LogP contribution is 2.30.